The van der Waals surface area contributed by atoms with Crippen LogP contribution in [0.5, 0.6) is 5.75 Å². The zero-order valence-electron chi connectivity index (χ0n) is 10.5. The van der Waals surface area contributed by atoms with E-state index < -0.39 is 18.0 Å². The van der Waals surface area contributed by atoms with Gasteiger partial charge in [0.05, 0.1) is 7.11 Å². The number of methoxy groups -OCH3 is 1. The second kappa shape index (κ2) is 5.90. The van der Waals surface area contributed by atoms with Crippen molar-refractivity contribution in [1.29, 1.82) is 0 Å². The highest BCUT2D eigenvalue weighted by Crippen LogP contribution is 2.19. The zero-order chi connectivity index (χ0) is 13.7. The predicted molar refractivity (Wildman–Crippen MR) is 67.0 cm³/mol. The Kier molecular flexibility index (Phi) is 4.53. The van der Waals surface area contributed by atoms with Gasteiger partial charge in [-0.25, -0.2) is 4.79 Å². The molecular weight excluding hydrogens is 236 g/mol. The number of amides is 2. The number of benzene rings is 1. The molecule has 0 aromatic heterocycles. The van der Waals surface area contributed by atoms with Crippen LogP contribution >= 0.6 is 0 Å². The van der Waals surface area contributed by atoms with E-state index in [0.717, 1.165) is 0 Å². The number of carboxylic acids is 1. The standard InChI is InChI=1S/C12H16N2O4/c1-8(11(15)16)13-12(17)14(2)9-5-4-6-10(7-9)18-3/h4-8H,1-3H3,(H,13,17)(H,15,16)/t8-/m0/s1. The van der Waals surface area contributed by atoms with Crippen LogP contribution in [0.4, 0.5) is 10.5 Å². The van der Waals surface area contributed by atoms with Crippen LogP contribution in [0.15, 0.2) is 24.3 Å². The summed E-state index contributed by atoms with van der Waals surface area (Å²) in [4.78, 5) is 23.7. The molecule has 2 N–H and O–H groups in total. The van der Waals surface area contributed by atoms with Crippen molar-refractivity contribution < 1.29 is 19.4 Å². The quantitative estimate of drug-likeness (QED) is 0.847. The molecule has 0 saturated carbocycles. The summed E-state index contributed by atoms with van der Waals surface area (Å²) in [5.41, 5.74) is 0.615. The number of nitrogens with one attached hydrogen (secondary N) is 1. The van der Waals surface area contributed by atoms with Crippen LogP contribution in [0.1, 0.15) is 6.92 Å². The molecule has 0 bridgehead atoms. The number of urea groups is 1. The summed E-state index contributed by atoms with van der Waals surface area (Å²) in [6.45, 7) is 1.40. The zero-order valence-corrected chi connectivity index (χ0v) is 10.5. The van der Waals surface area contributed by atoms with E-state index in [9.17, 15) is 9.59 Å². The maximum absolute atomic E-state index is 11.8. The number of nitrogens with zero attached hydrogens (tertiary/aromatic N) is 1. The van der Waals surface area contributed by atoms with Crippen LogP contribution in [0.2, 0.25) is 0 Å². The summed E-state index contributed by atoms with van der Waals surface area (Å²) in [7, 11) is 3.09. The van der Waals surface area contributed by atoms with Crippen LogP contribution in [0.25, 0.3) is 0 Å². The van der Waals surface area contributed by atoms with E-state index in [1.807, 2.05) is 0 Å². The van der Waals surface area contributed by atoms with Crippen molar-refractivity contribution in [3.05, 3.63) is 24.3 Å². The van der Waals surface area contributed by atoms with Crippen molar-refractivity contribution in [2.45, 2.75) is 13.0 Å². The molecule has 0 unspecified atom stereocenters. The Balaban J connectivity index is 2.76. The van der Waals surface area contributed by atoms with Gasteiger partial charge in [0.15, 0.2) is 0 Å². The molecule has 0 spiro atoms. The van der Waals surface area contributed by atoms with Gasteiger partial charge in [-0.15, -0.1) is 0 Å². The number of carboxylic acid groups (broad SMARTS) is 1. The minimum atomic E-state index is -1.08. The Morgan fingerprint density at radius 1 is 1.44 bits per heavy atom. The topological polar surface area (TPSA) is 78.9 Å². The van der Waals surface area contributed by atoms with Crippen LogP contribution in [-0.2, 0) is 4.79 Å². The fraction of sp³-hybridized carbons (Fsp3) is 0.333. The first-order valence-corrected chi connectivity index (χ1v) is 5.36. The van der Waals surface area contributed by atoms with Crippen molar-refractivity contribution in [2.24, 2.45) is 0 Å². The molecular formula is C12H16N2O4. The molecule has 2 amide bonds. The molecule has 18 heavy (non-hydrogen) atoms. The molecule has 1 aromatic carbocycles. The van der Waals surface area contributed by atoms with Gasteiger partial charge in [0.1, 0.15) is 11.8 Å². The molecule has 1 atom stereocenters. The number of carbonyl (C=O) groups excluding carboxylic acids is 1. The molecule has 0 heterocycles. The van der Waals surface area contributed by atoms with E-state index in [2.05, 4.69) is 5.32 Å². The van der Waals surface area contributed by atoms with Crippen molar-refractivity contribution in [3.63, 3.8) is 0 Å². The molecule has 0 saturated heterocycles. The van der Waals surface area contributed by atoms with Crippen LogP contribution in [0, 0.1) is 0 Å². The highest BCUT2D eigenvalue weighted by Gasteiger charge is 2.17. The van der Waals surface area contributed by atoms with E-state index in [-0.39, 0.29) is 0 Å². The van der Waals surface area contributed by atoms with Crippen molar-refractivity contribution in [3.8, 4) is 5.75 Å². The van der Waals surface area contributed by atoms with Crippen LogP contribution in [0.3, 0.4) is 0 Å². The third kappa shape index (κ3) is 3.38. The second-order valence-corrected chi connectivity index (χ2v) is 3.77. The average Bonchev–Trinajstić information content (AvgIpc) is 2.37. The highest BCUT2D eigenvalue weighted by atomic mass is 16.5. The number of hydrogen-bond acceptors (Lipinski definition) is 3. The lowest BCUT2D eigenvalue weighted by molar-refractivity contribution is -0.138. The molecule has 0 aliphatic carbocycles. The van der Waals surface area contributed by atoms with Crippen molar-refractivity contribution in [2.75, 3.05) is 19.1 Å². The SMILES string of the molecule is COc1cccc(N(C)C(=O)N[C@@H](C)C(=O)O)c1. The number of rotatable bonds is 4. The highest BCUT2D eigenvalue weighted by molar-refractivity contribution is 5.94. The minimum Gasteiger partial charge on any atom is -0.497 e. The molecule has 1 aromatic rings. The van der Waals surface area contributed by atoms with Crippen molar-refractivity contribution in [1.82, 2.24) is 5.32 Å². The molecule has 0 aliphatic rings. The van der Waals surface area contributed by atoms with Gasteiger partial charge >= 0.3 is 12.0 Å². The van der Waals surface area contributed by atoms with E-state index in [4.69, 9.17) is 9.84 Å². The van der Waals surface area contributed by atoms with E-state index >= 15 is 0 Å². The number of hydrogen-bond donors (Lipinski definition) is 2. The van der Waals surface area contributed by atoms with Crippen LogP contribution < -0.4 is 15.0 Å². The summed E-state index contributed by atoms with van der Waals surface area (Å²) in [5, 5.41) is 11.1. The third-order valence-electron chi connectivity index (χ3n) is 2.46. The maximum Gasteiger partial charge on any atom is 0.325 e. The molecule has 0 aliphatic heterocycles. The molecule has 1 rings (SSSR count). The number of anilines is 1. The Morgan fingerprint density at radius 2 is 2.11 bits per heavy atom. The molecule has 98 valence electrons. The first-order valence-electron chi connectivity index (χ1n) is 5.36. The summed E-state index contributed by atoms with van der Waals surface area (Å²) in [6, 6.07) is 5.50. The third-order valence-corrected chi connectivity index (χ3v) is 2.46. The molecule has 6 heteroatoms. The van der Waals surface area contributed by atoms with Gasteiger partial charge < -0.3 is 15.2 Å². The summed E-state index contributed by atoms with van der Waals surface area (Å²) in [6.07, 6.45) is 0. The maximum atomic E-state index is 11.8. The lowest BCUT2D eigenvalue weighted by atomic mass is 10.3. The van der Waals surface area contributed by atoms with Gasteiger partial charge in [-0.05, 0) is 19.1 Å². The second-order valence-electron chi connectivity index (χ2n) is 3.77. The molecule has 0 fully saturated rings. The average molecular weight is 252 g/mol. The van der Waals surface area contributed by atoms with Gasteiger partial charge in [-0.3, -0.25) is 9.69 Å². The lowest BCUT2D eigenvalue weighted by Crippen LogP contribution is -2.45. The fourth-order valence-electron chi connectivity index (χ4n) is 1.28. The van der Waals surface area contributed by atoms with E-state index in [0.29, 0.717) is 11.4 Å². The van der Waals surface area contributed by atoms with Gasteiger partial charge in [0, 0.05) is 18.8 Å². The summed E-state index contributed by atoms with van der Waals surface area (Å²) in [5.74, 6) is -0.458. The van der Waals surface area contributed by atoms with E-state index in [1.165, 1.54) is 18.9 Å². The minimum absolute atomic E-state index is 0.488. The van der Waals surface area contributed by atoms with Crippen LogP contribution in [-0.4, -0.2) is 37.3 Å². The summed E-state index contributed by atoms with van der Waals surface area (Å²) < 4.78 is 5.05. The Labute approximate surface area is 105 Å². The Morgan fingerprint density at radius 3 is 2.67 bits per heavy atom. The van der Waals surface area contributed by atoms with Gasteiger partial charge in [0.25, 0.3) is 0 Å². The summed E-state index contributed by atoms with van der Waals surface area (Å²) >= 11 is 0. The number of ether oxygens (including phenoxy) is 1. The largest absolute Gasteiger partial charge is 0.497 e. The Bertz CT molecular complexity index is 447. The van der Waals surface area contributed by atoms with Crippen molar-refractivity contribution >= 4 is 17.7 Å². The molecule has 0 radical (unpaired) electrons. The number of aliphatic carboxylic acids is 1. The Hall–Kier alpha value is -2.24. The molecule has 6 nitrogen and oxygen atoms in total. The predicted octanol–water partition coefficient (Wildman–Crippen LogP) is 1.31. The van der Waals surface area contributed by atoms with Gasteiger partial charge in [-0.1, -0.05) is 6.07 Å². The lowest BCUT2D eigenvalue weighted by Gasteiger charge is -2.20. The number of carbonyl (C=O) groups is 2. The van der Waals surface area contributed by atoms with Gasteiger partial charge in [0.2, 0.25) is 0 Å². The first kappa shape index (κ1) is 13.8. The first-order chi connectivity index (χ1) is 8.45. The normalized spacial score (nSPS) is 11.5. The smallest absolute Gasteiger partial charge is 0.325 e. The monoisotopic (exact) mass is 252 g/mol. The fourth-order valence-corrected chi connectivity index (χ4v) is 1.28. The van der Waals surface area contributed by atoms with Gasteiger partial charge in [-0.2, -0.15) is 0 Å². The van der Waals surface area contributed by atoms with E-state index in [1.54, 1.807) is 31.3 Å².